The van der Waals surface area contributed by atoms with Crippen molar-refractivity contribution in [3.05, 3.63) is 244 Å². The van der Waals surface area contributed by atoms with Gasteiger partial charge < -0.3 is 10.5 Å². The maximum Gasteiger partial charge on any atom is 0.267 e. The molecule has 8 aromatic rings. The molecular weight excluding hydrogens is 1230 g/mol. The minimum absolute atomic E-state index is 0. The molecule has 85 heavy (non-hydrogen) atoms. The van der Waals surface area contributed by atoms with Gasteiger partial charge in [0.2, 0.25) is 0 Å². The Bertz CT molecular complexity index is 3190. The number of halogens is 5. The summed E-state index contributed by atoms with van der Waals surface area (Å²) in [6.07, 6.45) is 7.73. The second kappa shape index (κ2) is 44.6. The number of hydrogen-bond acceptors (Lipinski definition) is 13. The number of anilines is 1. The standard InChI is InChI=1S/C21H21N3O.C13H11N.C8H11ClN2O.C8H13N3O.C4H9Br.C4H3ClN2O.C4H8O.CH3FS.ClH/c1-3-16(2)24-20(25)15-14-19(23-24)22-21(17-10-6-4-7-11-17)18-12-8-5-9-13-18;14-13(11-7-3-1-4-8-11)12-9-5-2-6-10-12;2*1-3-6(2)11-8(12)5-4-7(9)10-11;1-3-4(2)5;5-3-1-2-4(8)7-6-3;1-2-4-5-3-1;1-3-2;/h4-16H,3H2,1-2H3;1-10,14H;4-6H,3H2,1-2H3;4-6H,3H2,1-2H3,(H2,9,10);4H,3H2,1-2H3;1-2H,(H,7,8);1-4H2;1H3;1H. The first kappa shape index (κ1) is 76.1. The van der Waals surface area contributed by atoms with Crippen molar-refractivity contribution in [3.63, 3.8) is 0 Å². The van der Waals surface area contributed by atoms with Crippen LogP contribution in [0.1, 0.15) is 134 Å². The zero-order chi connectivity index (χ0) is 62.2. The lowest BCUT2D eigenvalue weighted by Gasteiger charge is -2.12. The summed E-state index contributed by atoms with van der Waals surface area (Å²) in [5.74, 6) is 0.914. The van der Waals surface area contributed by atoms with Gasteiger partial charge in [0.15, 0.2) is 5.82 Å². The Balaban J connectivity index is 0.000000523. The van der Waals surface area contributed by atoms with Crippen molar-refractivity contribution >= 4 is 86.7 Å². The van der Waals surface area contributed by atoms with Gasteiger partial charge in [0, 0.05) is 71.8 Å². The van der Waals surface area contributed by atoms with Crippen molar-refractivity contribution in [2.24, 2.45) is 4.99 Å². The molecule has 0 saturated carbocycles. The highest BCUT2D eigenvalue weighted by atomic mass is 79.9. The third-order valence-electron chi connectivity index (χ3n) is 12.0. The first-order valence-electron chi connectivity index (χ1n) is 27.5. The van der Waals surface area contributed by atoms with Gasteiger partial charge in [-0.2, -0.15) is 19.2 Å². The van der Waals surface area contributed by atoms with E-state index < -0.39 is 0 Å². The Kier molecular flexibility index (Phi) is 39.9. The van der Waals surface area contributed by atoms with E-state index in [1.54, 1.807) is 6.07 Å². The second-order valence-electron chi connectivity index (χ2n) is 18.4. The van der Waals surface area contributed by atoms with Crippen LogP contribution in [0.15, 0.2) is 194 Å². The van der Waals surface area contributed by atoms with Gasteiger partial charge in [-0.3, -0.25) is 24.6 Å². The average molecular weight is 1310 g/mol. The Morgan fingerprint density at radius 3 is 1.32 bits per heavy atom. The number of alkyl halides is 1. The molecule has 16 nitrogen and oxygen atoms in total. The Morgan fingerprint density at radius 1 is 0.600 bits per heavy atom. The molecule has 0 spiro atoms. The molecule has 5 heterocycles. The number of nitrogens with zero attached hydrogens (tertiary/aromatic N) is 8. The molecule has 4 N–H and O–H groups in total. The topological polar surface area (TPSA) is 222 Å². The summed E-state index contributed by atoms with van der Waals surface area (Å²) in [5.41, 5.74) is 10.3. The number of aliphatic imine (C=N–C) groups is 1. The molecule has 1 aliphatic rings. The fourth-order valence-electron chi connectivity index (χ4n) is 6.60. The van der Waals surface area contributed by atoms with Gasteiger partial charge >= 0.3 is 0 Å². The summed E-state index contributed by atoms with van der Waals surface area (Å²) in [7, 11) is 0. The van der Waals surface area contributed by atoms with Crippen LogP contribution in [0.25, 0.3) is 0 Å². The van der Waals surface area contributed by atoms with Crippen LogP contribution >= 0.6 is 63.7 Å². The molecule has 4 aromatic heterocycles. The molecule has 22 heteroatoms. The monoisotopic (exact) mass is 1310 g/mol. The van der Waals surface area contributed by atoms with E-state index >= 15 is 0 Å². The Labute approximate surface area is 527 Å². The minimum Gasteiger partial charge on any atom is -0.382 e. The van der Waals surface area contributed by atoms with Crippen molar-refractivity contribution in [2.75, 3.05) is 25.2 Å². The van der Waals surface area contributed by atoms with Crippen LogP contribution in [0, 0.1) is 5.41 Å². The summed E-state index contributed by atoms with van der Waals surface area (Å²) < 4.78 is 19.5. The lowest BCUT2D eigenvalue weighted by Crippen LogP contribution is -2.25. The van der Waals surface area contributed by atoms with Crippen LogP contribution in [0.3, 0.4) is 0 Å². The number of ether oxygens (including phenoxy) is 1. The summed E-state index contributed by atoms with van der Waals surface area (Å²) >= 11 is 14.6. The normalized spacial score (nSPS) is 12.1. The molecule has 1 aliphatic heterocycles. The number of H-pyrrole nitrogens is 1. The number of rotatable bonds is 12. The van der Waals surface area contributed by atoms with Gasteiger partial charge in [0.25, 0.3) is 22.2 Å². The fraction of sp³-hybridized carbons (Fsp3) is 0.333. The number of aromatic nitrogens is 8. The van der Waals surface area contributed by atoms with Crippen LogP contribution in [0.5, 0.6) is 0 Å². The highest BCUT2D eigenvalue weighted by Gasteiger charge is 2.11. The van der Waals surface area contributed by atoms with E-state index in [-0.39, 0.29) is 64.9 Å². The highest BCUT2D eigenvalue weighted by molar-refractivity contribution is 9.09. The minimum atomic E-state index is -0.241. The van der Waals surface area contributed by atoms with Crippen molar-refractivity contribution in [2.45, 2.75) is 117 Å². The fourth-order valence-corrected chi connectivity index (χ4v) is 6.85. The first-order chi connectivity index (χ1) is 40.3. The van der Waals surface area contributed by atoms with Gasteiger partial charge in [-0.15, -0.1) is 17.5 Å². The van der Waals surface area contributed by atoms with E-state index in [9.17, 15) is 23.1 Å². The van der Waals surface area contributed by atoms with Gasteiger partial charge in [0.05, 0.1) is 29.5 Å². The predicted octanol–water partition coefficient (Wildman–Crippen LogP) is 15.2. The Hall–Kier alpha value is -6.87. The van der Waals surface area contributed by atoms with Crippen molar-refractivity contribution in [3.8, 4) is 0 Å². The van der Waals surface area contributed by atoms with Gasteiger partial charge in [-0.05, 0) is 94.7 Å². The average Bonchev–Trinajstić information content (AvgIpc) is 4.26. The zero-order valence-corrected chi connectivity index (χ0v) is 54.4. The predicted molar refractivity (Wildman–Crippen MR) is 357 cm³/mol. The third kappa shape index (κ3) is 30.7. The van der Waals surface area contributed by atoms with Crippen LogP contribution in [-0.2, 0) is 4.74 Å². The van der Waals surface area contributed by atoms with E-state index in [0.717, 1.165) is 60.4 Å². The number of aromatic amines is 1. The summed E-state index contributed by atoms with van der Waals surface area (Å²) in [4.78, 5) is 50.2. The molecule has 4 unspecified atom stereocenters. The second-order valence-corrected chi connectivity index (χ2v) is 21.1. The first-order valence-corrected chi connectivity index (χ1v) is 30.3. The van der Waals surface area contributed by atoms with Gasteiger partial charge in [-0.25, -0.2) is 24.1 Å². The van der Waals surface area contributed by atoms with Crippen LogP contribution < -0.4 is 28.0 Å². The van der Waals surface area contributed by atoms with E-state index in [0.29, 0.717) is 32.5 Å². The number of nitrogens with one attached hydrogen (secondary N) is 2. The van der Waals surface area contributed by atoms with Crippen molar-refractivity contribution in [1.82, 2.24) is 39.5 Å². The highest BCUT2D eigenvalue weighted by Crippen LogP contribution is 2.17. The summed E-state index contributed by atoms with van der Waals surface area (Å²) in [6.45, 7) is 18.2. The van der Waals surface area contributed by atoms with Crippen LogP contribution in [0.4, 0.5) is 15.5 Å². The largest absolute Gasteiger partial charge is 0.382 e. The lowest BCUT2D eigenvalue weighted by atomic mass is 10.0. The third-order valence-corrected chi connectivity index (χ3v) is 13.0. The summed E-state index contributed by atoms with van der Waals surface area (Å²) in [6, 6.07) is 51.6. The van der Waals surface area contributed by atoms with Crippen molar-refractivity contribution < 1.29 is 8.62 Å². The Morgan fingerprint density at radius 2 is 0.965 bits per heavy atom. The zero-order valence-electron chi connectivity index (χ0n) is 49.7. The van der Waals surface area contributed by atoms with E-state index in [1.807, 2.05) is 163 Å². The van der Waals surface area contributed by atoms with E-state index in [2.05, 4.69) is 55.3 Å². The van der Waals surface area contributed by atoms with Crippen LogP contribution in [0.2, 0.25) is 10.3 Å². The lowest BCUT2D eigenvalue weighted by molar-refractivity contribution is 0.198. The SMILES string of the molecule is C1CCOC1.CCC(C)Br.CCC(C)n1nc(Cl)ccc1=O.CCC(C)n1nc(N)ccc1=O.CCC(C)n1nc(N=C(c2ccccc2)c2ccccc2)ccc1=O.CSF.Cl.N=C(c1ccccc1)c1ccccc1.O=c1ccc(Cl)n[nH]1. The molecule has 9 rings (SSSR count). The maximum atomic E-state index is 12.0. The number of benzene rings is 4. The quantitative estimate of drug-likeness (QED) is 0.0771. The number of nitrogen functional groups attached to an aromatic ring is 1. The molecule has 458 valence electrons. The summed E-state index contributed by atoms with van der Waals surface area (Å²) in [5, 5.41) is 26.5. The molecule has 4 atom stereocenters. The molecule has 1 saturated heterocycles. The van der Waals surface area contributed by atoms with Gasteiger partial charge in [-0.1, -0.05) is 195 Å². The molecule has 0 radical (unpaired) electrons. The number of hydrogen-bond donors (Lipinski definition) is 3. The van der Waals surface area contributed by atoms with Gasteiger partial charge in [0.1, 0.15) is 16.1 Å². The van der Waals surface area contributed by atoms with E-state index in [4.69, 9.17) is 44.1 Å². The molecule has 0 amide bonds. The molecule has 4 aromatic carbocycles. The smallest absolute Gasteiger partial charge is 0.267 e. The van der Waals surface area contributed by atoms with Crippen LogP contribution in [-0.4, -0.2) is 75.3 Å². The number of nitrogens with two attached hydrogens (primary N) is 1. The molecule has 0 aliphatic carbocycles. The molecule has 0 bridgehead atoms. The molecule has 1 fully saturated rings. The molecular formula is C63H80BrCl3FN11O5S. The van der Waals surface area contributed by atoms with Crippen molar-refractivity contribution in [1.29, 1.82) is 5.41 Å². The maximum absolute atomic E-state index is 12.0. The van der Waals surface area contributed by atoms with E-state index in [1.165, 1.54) is 82.0 Å².